The van der Waals surface area contributed by atoms with Crippen LogP contribution in [0.2, 0.25) is 0 Å². The summed E-state index contributed by atoms with van der Waals surface area (Å²) >= 11 is 0. The van der Waals surface area contributed by atoms with Crippen LogP contribution in [0, 0.1) is 0 Å². The molecule has 0 radical (unpaired) electrons. The van der Waals surface area contributed by atoms with Gasteiger partial charge in [0.15, 0.2) is 0 Å². The predicted octanol–water partition coefficient (Wildman–Crippen LogP) is 18.5. The Hall–Kier alpha value is -1.40. The number of esters is 1. The van der Waals surface area contributed by atoms with Crippen molar-refractivity contribution in [3.8, 4) is 0 Å². The van der Waals surface area contributed by atoms with Gasteiger partial charge >= 0.3 is 5.97 Å². The van der Waals surface area contributed by atoms with Gasteiger partial charge in [-0.25, -0.2) is 0 Å². The summed E-state index contributed by atoms with van der Waals surface area (Å²) in [5, 5.41) is 23.9. The number of amides is 1. The second-order valence-corrected chi connectivity index (χ2v) is 20.8. The average molecular weight is 933 g/mol. The number of rotatable bonds is 55. The molecule has 392 valence electrons. The highest BCUT2D eigenvalue weighted by atomic mass is 16.5. The van der Waals surface area contributed by atoms with E-state index in [9.17, 15) is 19.8 Å². The van der Waals surface area contributed by atoms with Crippen LogP contribution in [0.5, 0.6) is 0 Å². The molecule has 6 heteroatoms. The quantitative estimate of drug-likeness (QED) is 0.0321. The molecule has 0 aromatic rings. The molecule has 6 nitrogen and oxygen atoms in total. The van der Waals surface area contributed by atoms with Crippen molar-refractivity contribution in [2.45, 2.75) is 354 Å². The molecule has 3 N–H and O–H groups in total. The van der Waals surface area contributed by atoms with Gasteiger partial charge in [0.2, 0.25) is 5.91 Å². The number of hydrogen-bond acceptors (Lipinski definition) is 5. The van der Waals surface area contributed by atoms with Gasteiger partial charge in [0.25, 0.3) is 0 Å². The number of carbonyl (C=O) groups is 2. The summed E-state index contributed by atoms with van der Waals surface area (Å²) in [7, 11) is 0. The third-order valence-electron chi connectivity index (χ3n) is 14.1. The SMILES string of the molecule is CCCCCCCCCCC/C=C/CCCCCC(CC(=O)NC(CO)C(O)CCCCCCCCCCCCCCCC)OC(=O)CCCCCCCCCCCCCCCCCCC. The van der Waals surface area contributed by atoms with E-state index in [4.69, 9.17) is 4.74 Å². The predicted molar refractivity (Wildman–Crippen MR) is 287 cm³/mol. The van der Waals surface area contributed by atoms with E-state index in [2.05, 4.69) is 38.2 Å². The minimum Gasteiger partial charge on any atom is -0.462 e. The van der Waals surface area contributed by atoms with E-state index >= 15 is 0 Å². The molecule has 0 bridgehead atoms. The molecule has 3 unspecified atom stereocenters. The zero-order valence-corrected chi connectivity index (χ0v) is 44.9. The largest absolute Gasteiger partial charge is 0.462 e. The third kappa shape index (κ3) is 49.0. The number of carbonyl (C=O) groups excluding carboxylic acids is 2. The van der Waals surface area contributed by atoms with E-state index in [1.54, 1.807) is 0 Å². The molecule has 3 atom stereocenters. The molecular weight excluding hydrogens is 815 g/mol. The lowest BCUT2D eigenvalue weighted by atomic mass is 10.0. The van der Waals surface area contributed by atoms with E-state index in [1.165, 1.54) is 231 Å². The van der Waals surface area contributed by atoms with Crippen molar-refractivity contribution >= 4 is 11.9 Å². The van der Waals surface area contributed by atoms with Crippen LogP contribution < -0.4 is 5.32 Å². The van der Waals surface area contributed by atoms with E-state index in [0.29, 0.717) is 19.3 Å². The summed E-state index contributed by atoms with van der Waals surface area (Å²) in [6.07, 6.45) is 62.8. The summed E-state index contributed by atoms with van der Waals surface area (Å²) < 4.78 is 5.97. The Balaban J connectivity index is 4.52. The van der Waals surface area contributed by atoms with Crippen LogP contribution in [0.4, 0.5) is 0 Å². The first-order valence-corrected chi connectivity index (χ1v) is 29.9. The molecule has 0 saturated heterocycles. The van der Waals surface area contributed by atoms with Gasteiger partial charge in [0.1, 0.15) is 6.10 Å². The average Bonchev–Trinajstić information content (AvgIpc) is 3.31. The number of ether oxygens (including phenoxy) is 1. The summed E-state index contributed by atoms with van der Waals surface area (Å²) in [5.41, 5.74) is 0. The second-order valence-electron chi connectivity index (χ2n) is 20.8. The summed E-state index contributed by atoms with van der Waals surface area (Å²) in [6.45, 7) is 6.53. The van der Waals surface area contributed by atoms with Crippen LogP contribution in [-0.4, -0.2) is 46.9 Å². The van der Waals surface area contributed by atoms with Gasteiger partial charge in [-0.1, -0.05) is 283 Å². The van der Waals surface area contributed by atoms with Crippen LogP contribution in [0.15, 0.2) is 12.2 Å². The maximum absolute atomic E-state index is 13.3. The Morgan fingerprint density at radius 1 is 0.424 bits per heavy atom. The van der Waals surface area contributed by atoms with E-state index in [1.807, 2.05) is 0 Å². The lowest BCUT2D eigenvalue weighted by molar-refractivity contribution is -0.151. The molecular formula is C60H117NO5. The third-order valence-corrected chi connectivity index (χ3v) is 14.1. The van der Waals surface area contributed by atoms with Crippen LogP contribution in [0.3, 0.4) is 0 Å². The standard InChI is InChI=1S/C60H117NO5/c1-4-7-10-13-16-19-22-25-28-30-32-35-38-41-44-47-50-53-60(65)66-56(51-48-45-42-39-36-33-31-29-26-23-20-17-14-11-8-5-2)54-59(64)61-57(55-62)58(63)52-49-46-43-40-37-34-27-24-21-18-15-12-9-6-3/h33,36,56-58,62-63H,4-32,34-35,37-55H2,1-3H3,(H,61,64)/b36-33+. The topological polar surface area (TPSA) is 95.9 Å². The van der Waals surface area contributed by atoms with Gasteiger partial charge in [-0.2, -0.15) is 0 Å². The fourth-order valence-corrected chi connectivity index (χ4v) is 9.55. The highest BCUT2D eigenvalue weighted by molar-refractivity contribution is 5.77. The summed E-state index contributed by atoms with van der Waals surface area (Å²) in [5.74, 6) is -0.464. The zero-order valence-electron chi connectivity index (χ0n) is 44.9. The summed E-state index contributed by atoms with van der Waals surface area (Å²) in [6, 6.07) is -0.701. The highest BCUT2D eigenvalue weighted by Crippen LogP contribution is 2.19. The monoisotopic (exact) mass is 932 g/mol. The van der Waals surface area contributed by atoms with Crippen molar-refractivity contribution in [2.75, 3.05) is 6.61 Å². The van der Waals surface area contributed by atoms with E-state index in [-0.39, 0.29) is 24.9 Å². The molecule has 1 amide bonds. The number of nitrogens with one attached hydrogen (secondary N) is 1. The number of aliphatic hydroxyl groups is 2. The lowest BCUT2D eigenvalue weighted by Gasteiger charge is -2.24. The maximum Gasteiger partial charge on any atom is 0.306 e. The molecule has 0 aliphatic heterocycles. The van der Waals surface area contributed by atoms with Gasteiger partial charge in [0.05, 0.1) is 25.2 Å². The highest BCUT2D eigenvalue weighted by Gasteiger charge is 2.24. The van der Waals surface area contributed by atoms with Crippen LogP contribution in [-0.2, 0) is 14.3 Å². The first-order valence-electron chi connectivity index (χ1n) is 29.9. The fraction of sp³-hybridized carbons (Fsp3) is 0.933. The zero-order chi connectivity index (χ0) is 48.1. The smallest absolute Gasteiger partial charge is 0.306 e. The second kappa shape index (κ2) is 54.5. The minimum absolute atomic E-state index is 0.0749. The first kappa shape index (κ1) is 64.6. The maximum atomic E-state index is 13.3. The molecule has 0 aromatic carbocycles. The Morgan fingerprint density at radius 2 is 0.727 bits per heavy atom. The van der Waals surface area contributed by atoms with Gasteiger partial charge in [-0.05, 0) is 51.4 Å². The number of aliphatic hydroxyl groups excluding tert-OH is 2. The van der Waals surface area contributed by atoms with Crippen molar-refractivity contribution in [2.24, 2.45) is 0 Å². The number of allylic oxidation sites excluding steroid dienone is 2. The molecule has 0 rings (SSSR count). The molecule has 0 aromatic heterocycles. The van der Waals surface area contributed by atoms with Crippen molar-refractivity contribution in [1.29, 1.82) is 0 Å². The Bertz CT molecular complexity index is 1000. The van der Waals surface area contributed by atoms with Crippen LogP contribution in [0.25, 0.3) is 0 Å². The van der Waals surface area contributed by atoms with Crippen molar-refractivity contribution in [1.82, 2.24) is 5.32 Å². The Kier molecular flexibility index (Phi) is 53.4. The minimum atomic E-state index is -0.787. The van der Waals surface area contributed by atoms with E-state index in [0.717, 1.165) is 57.8 Å². The molecule has 0 heterocycles. The Labute approximate surface area is 412 Å². The van der Waals surface area contributed by atoms with Crippen LogP contribution in [0.1, 0.15) is 335 Å². The van der Waals surface area contributed by atoms with E-state index < -0.39 is 18.2 Å². The Morgan fingerprint density at radius 3 is 1.09 bits per heavy atom. The van der Waals surface area contributed by atoms with Gasteiger partial charge in [-0.15, -0.1) is 0 Å². The molecule has 66 heavy (non-hydrogen) atoms. The number of hydrogen-bond donors (Lipinski definition) is 3. The van der Waals surface area contributed by atoms with Crippen molar-refractivity contribution in [3.05, 3.63) is 12.2 Å². The molecule has 0 saturated carbocycles. The summed E-state index contributed by atoms with van der Waals surface area (Å²) in [4.78, 5) is 26.3. The molecule has 0 fully saturated rings. The molecule has 0 spiro atoms. The van der Waals surface area contributed by atoms with Gasteiger partial charge in [0, 0.05) is 6.42 Å². The van der Waals surface area contributed by atoms with Crippen molar-refractivity contribution in [3.63, 3.8) is 0 Å². The lowest BCUT2D eigenvalue weighted by Crippen LogP contribution is -2.46. The normalized spacial score (nSPS) is 13.1. The molecule has 0 aliphatic rings. The number of unbranched alkanes of at least 4 members (excludes halogenated alkanes) is 41. The van der Waals surface area contributed by atoms with Gasteiger partial charge in [-0.3, -0.25) is 9.59 Å². The fourth-order valence-electron chi connectivity index (χ4n) is 9.55. The van der Waals surface area contributed by atoms with Crippen LogP contribution >= 0.6 is 0 Å². The molecule has 0 aliphatic carbocycles. The first-order chi connectivity index (χ1) is 32.5. The van der Waals surface area contributed by atoms with Gasteiger partial charge < -0.3 is 20.3 Å². The van der Waals surface area contributed by atoms with Crippen molar-refractivity contribution < 1.29 is 24.5 Å².